The maximum absolute atomic E-state index is 13.4. The number of hydrogen-bond acceptors (Lipinski definition) is 4. The van der Waals surface area contributed by atoms with Crippen LogP contribution in [-0.4, -0.2) is 15.9 Å². The lowest BCUT2D eigenvalue weighted by Gasteiger charge is -2.14. The predicted molar refractivity (Wildman–Crippen MR) is 140 cm³/mol. The van der Waals surface area contributed by atoms with Gasteiger partial charge in [0.05, 0.1) is 17.1 Å². The number of benzene rings is 3. The zero-order chi connectivity index (χ0) is 23.4. The summed E-state index contributed by atoms with van der Waals surface area (Å²) < 4.78 is 9.19. The number of hydrogen-bond donors (Lipinski definition) is 0. The minimum Gasteiger partial charge on any atom is -0.488 e. The van der Waals surface area contributed by atoms with Crippen LogP contribution in [0, 0.1) is 0 Å². The second-order valence-corrected chi connectivity index (χ2v) is 9.59. The van der Waals surface area contributed by atoms with Gasteiger partial charge in [0.25, 0.3) is 5.56 Å². The van der Waals surface area contributed by atoms with E-state index in [4.69, 9.17) is 9.72 Å². The smallest absolute Gasteiger partial charge is 0.282 e. The highest BCUT2D eigenvalue weighted by atomic mass is 79.9. The van der Waals surface area contributed by atoms with E-state index < -0.39 is 0 Å². The molecule has 7 heteroatoms. The number of nitrogens with zero attached hydrogens (tertiary/aromatic N) is 3. The van der Waals surface area contributed by atoms with Crippen LogP contribution >= 0.6 is 31.9 Å². The molecule has 33 heavy (non-hydrogen) atoms. The van der Waals surface area contributed by atoms with Gasteiger partial charge in [0.1, 0.15) is 18.2 Å². The predicted octanol–water partition coefficient (Wildman–Crippen LogP) is 6.90. The van der Waals surface area contributed by atoms with Gasteiger partial charge in [-0.1, -0.05) is 76.0 Å². The summed E-state index contributed by atoms with van der Waals surface area (Å²) in [6.45, 7) is 4.55. The molecule has 0 saturated heterocycles. The molecule has 0 bridgehead atoms. The maximum Gasteiger partial charge on any atom is 0.282 e. The van der Waals surface area contributed by atoms with Crippen LogP contribution in [0.25, 0.3) is 10.9 Å². The number of fused-ring (bicyclic) bond motifs is 1. The van der Waals surface area contributed by atoms with Crippen molar-refractivity contribution >= 4 is 49.0 Å². The Morgan fingerprint density at radius 2 is 1.79 bits per heavy atom. The summed E-state index contributed by atoms with van der Waals surface area (Å²) in [6, 6.07) is 21.2. The zero-order valence-corrected chi connectivity index (χ0v) is 21.5. The highest BCUT2D eigenvalue weighted by Gasteiger charge is 2.16. The van der Waals surface area contributed by atoms with Crippen molar-refractivity contribution in [3.8, 4) is 5.75 Å². The van der Waals surface area contributed by atoms with Gasteiger partial charge in [-0.25, -0.2) is 4.98 Å². The molecule has 0 unspecified atom stereocenters. The standard InChI is InChI=1S/C26H23Br2N3O2/c1-3-17(2)25-30-23-11-9-21(28)14-22(23)26(32)31(25)29-15-19-13-20(27)10-12-24(19)33-16-18-7-5-4-6-8-18/h4-15,17H,3,16H2,1-2H3/t17-/m0/s1. The molecule has 0 saturated carbocycles. The Balaban J connectivity index is 1.75. The average molecular weight is 569 g/mol. The van der Waals surface area contributed by atoms with Gasteiger partial charge in [-0.2, -0.15) is 9.78 Å². The molecule has 1 heterocycles. The Bertz CT molecular complexity index is 1370. The largest absolute Gasteiger partial charge is 0.488 e. The van der Waals surface area contributed by atoms with E-state index in [1.165, 1.54) is 4.68 Å². The Labute approximate surface area is 209 Å². The highest BCUT2D eigenvalue weighted by molar-refractivity contribution is 9.10. The van der Waals surface area contributed by atoms with Gasteiger partial charge < -0.3 is 4.74 Å². The number of rotatable bonds is 7. The fraction of sp³-hybridized carbons (Fsp3) is 0.192. The van der Waals surface area contributed by atoms with E-state index in [1.54, 1.807) is 12.3 Å². The summed E-state index contributed by atoms with van der Waals surface area (Å²) in [5, 5.41) is 5.10. The van der Waals surface area contributed by atoms with Gasteiger partial charge >= 0.3 is 0 Å². The molecule has 0 aliphatic carbocycles. The van der Waals surface area contributed by atoms with Crippen LogP contribution in [0.5, 0.6) is 5.75 Å². The number of aromatic nitrogens is 2. The monoisotopic (exact) mass is 567 g/mol. The molecule has 3 aromatic carbocycles. The summed E-state index contributed by atoms with van der Waals surface area (Å²) in [5.74, 6) is 1.38. The molecule has 168 valence electrons. The molecule has 4 rings (SSSR count). The first-order valence-corrected chi connectivity index (χ1v) is 12.3. The van der Waals surface area contributed by atoms with Crippen LogP contribution < -0.4 is 10.3 Å². The molecule has 5 nitrogen and oxygen atoms in total. The van der Waals surface area contributed by atoms with E-state index in [9.17, 15) is 4.79 Å². The molecule has 0 aliphatic rings. The lowest BCUT2D eigenvalue weighted by Crippen LogP contribution is -2.23. The van der Waals surface area contributed by atoms with Gasteiger partial charge in [-0.05, 0) is 48.4 Å². The first kappa shape index (κ1) is 23.4. The third kappa shape index (κ3) is 5.42. The van der Waals surface area contributed by atoms with Crippen molar-refractivity contribution in [2.24, 2.45) is 5.10 Å². The molecular formula is C26H23Br2N3O2. The van der Waals surface area contributed by atoms with Crippen molar-refractivity contribution < 1.29 is 4.74 Å². The van der Waals surface area contributed by atoms with Crippen molar-refractivity contribution in [2.75, 3.05) is 0 Å². The molecule has 0 radical (unpaired) electrons. The van der Waals surface area contributed by atoms with Crippen molar-refractivity contribution in [3.05, 3.63) is 103 Å². The summed E-state index contributed by atoms with van der Waals surface area (Å²) in [7, 11) is 0. The van der Waals surface area contributed by atoms with Crippen LogP contribution in [0.1, 0.15) is 43.1 Å². The lowest BCUT2D eigenvalue weighted by molar-refractivity contribution is 0.305. The first-order chi connectivity index (χ1) is 16.0. The quantitative estimate of drug-likeness (QED) is 0.228. The fourth-order valence-electron chi connectivity index (χ4n) is 3.39. The normalized spacial score (nSPS) is 12.4. The van der Waals surface area contributed by atoms with Crippen molar-refractivity contribution in [1.82, 2.24) is 9.66 Å². The van der Waals surface area contributed by atoms with E-state index in [0.29, 0.717) is 29.1 Å². The van der Waals surface area contributed by atoms with Gasteiger partial charge in [-0.15, -0.1) is 0 Å². The highest BCUT2D eigenvalue weighted by Crippen LogP contribution is 2.24. The average Bonchev–Trinajstić information content (AvgIpc) is 2.83. The van der Waals surface area contributed by atoms with E-state index in [0.717, 1.165) is 26.5 Å². The van der Waals surface area contributed by atoms with Crippen LogP contribution in [0.4, 0.5) is 0 Å². The van der Waals surface area contributed by atoms with E-state index >= 15 is 0 Å². The molecule has 1 aromatic heterocycles. The van der Waals surface area contributed by atoms with E-state index in [1.807, 2.05) is 67.6 Å². The summed E-state index contributed by atoms with van der Waals surface area (Å²) in [5.41, 5.74) is 2.30. The van der Waals surface area contributed by atoms with Gasteiger partial charge in [0, 0.05) is 20.4 Å². The summed E-state index contributed by atoms with van der Waals surface area (Å²) in [4.78, 5) is 18.1. The van der Waals surface area contributed by atoms with Crippen LogP contribution in [-0.2, 0) is 6.61 Å². The van der Waals surface area contributed by atoms with Gasteiger partial charge in [-0.3, -0.25) is 4.79 Å². The van der Waals surface area contributed by atoms with Crippen molar-refractivity contribution in [2.45, 2.75) is 32.8 Å². The summed E-state index contributed by atoms with van der Waals surface area (Å²) >= 11 is 6.96. The minimum atomic E-state index is -0.199. The van der Waals surface area contributed by atoms with Crippen LogP contribution in [0.2, 0.25) is 0 Å². The zero-order valence-electron chi connectivity index (χ0n) is 18.3. The molecular weight excluding hydrogens is 546 g/mol. The molecule has 0 amide bonds. The van der Waals surface area contributed by atoms with Gasteiger partial charge in [0.15, 0.2) is 0 Å². The van der Waals surface area contributed by atoms with Crippen LogP contribution in [0.3, 0.4) is 0 Å². The van der Waals surface area contributed by atoms with Gasteiger partial charge in [0.2, 0.25) is 0 Å². The molecule has 0 aliphatic heterocycles. The third-order valence-corrected chi connectivity index (χ3v) is 6.39. The molecule has 0 N–H and O–H groups in total. The Hall–Kier alpha value is -2.77. The molecule has 4 aromatic rings. The topological polar surface area (TPSA) is 56.5 Å². The molecule has 0 fully saturated rings. The van der Waals surface area contributed by atoms with Crippen molar-refractivity contribution in [3.63, 3.8) is 0 Å². The minimum absolute atomic E-state index is 0.0687. The lowest BCUT2D eigenvalue weighted by atomic mass is 10.1. The van der Waals surface area contributed by atoms with E-state index in [2.05, 4.69) is 43.9 Å². The third-order valence-electron chi connectivity index (χ3n) is 5.41. The second kappa shape index (κ2) is 10.4. The van der Waals surface area contributed by atoms with Crippen LogP contribution in [0.15, 0.2) is 85.6 Å². The Kier molecular flexibility index (Phi) is 7.40. The fourth-order valence-corrected chi connectivity index (χ4v) is 4.13. The Morgan fingerprint density at radius 1 is 1.06 bits per heavy atom. The number of halogens is 2. The Morgan fingerprint density at radius 3 is 2.55 bits per heavy atom. The first-order valence-electron chi connectivity index (χ1n) is 10.7. The maximum atomic E-state index is 13.4. The molecule has 0 spiro atoms. The SMILES string of the molecule is CC[C@H](C)c1nc2ccc(Br)cc2c(=O)n1N=Cc1cc(Br)ccc1OCc1ccccc1. The van der Waals surface area contributed by atoms with E-state index in [-0.39, 0.29) is 11.5 Å². The van der Waals surface area contributed by atoms with Crippen molar-refractivity contribution in [1.29, 1.82) is 0 Å². The molecule has 1 atom stereocenters. The second-order valence-electron chi connectivity index (χ2n) is 7.76. The summed E-state index contributed by atoms with van der Waals surface area (Å²) in [6.07, 6.45) is 2.50. The number of ether oxygens (including phenoxy) is 1.